The van der Waals surface area contributed by atoms with E-state index in [1.165, 1.54) is 12.1 Å². The fourth-order valence-electron chi connectivity index (χ4n) is 1.19. The van der Waals surface area contributed by atoms with Crippen LogP contribution in [0.2, 0.25) is 15.1 Å². The summed E-state index contributed by atoms with van der Waals surface area (Å²) in [4.78, 5) is 11.6. The Morgan fingerprint density at radius 3 is 2.56 bits per heavy atom. The molecule has 0 saturated carbocycles. The molecule has 100 valence electrons. The van der Waals surface area contributed by atoms with E-state index in [0.29, 0.717) is 33.9 Å². The summed E-state index contributed by atoms with van der Waals surface area (Å²) in [6.45, 7) is 1.31. The van der Waals surface area contributed by atoms with Gasteiger partial charge < -0.3 is 15.4 Å². The molecule has 7 heteroatoms. The van der Waals surface area contributed by atoms with E-state index in [2.05, 4.69) is 10.6 Å². The molecule has 0 unspecified atom stereocenters. The standard InChI is InChI=1S/C11H13Cl3N2O2/c1-18-3-2-15-6-11(17)16-10-5-8(13)7(12)4-9(10)14/h4-5,15H,2-3,6H2,1H3,(H,16,17). The number of hydrogen-bond acceptors (Lipinski definition) is 3. The molecular formula is C11H13Cl3N2O2. The zero-order valence-corrected chi connectivity index (χ0v) is 12.0. The Labute approximate surface area is 121 Å². The molecule has 2 N–H and O–H groups in total. The summed E-state index contributed by atoms with van der Waals surface area (Å²) in [5.74, 6) is -0.216. The first kappa shape index (κ1) is 15.5. The third-order valence-electron chi connectivity index (χ3n) is 2.05. The maximum absolute atomic E-state index is 11.6. The molecule has 0 heterocycles. The maximum Gasteiger partial charge on any atom is 0.238 e. The van der Waals surface area contributed by atoms with Crippen molar-refractivity contribution in [1.29, 1.82) is 0 Å². The van der Waals surface area contributed by atoms with Gasteiger partial charge in [-0.3, -0.25) is 4.79 Å². The molecule has 0 aromatic heterocycles. The minimum Gasteiger partial charge on any atom is -0.383 e. The summed E-state index contributed by atoms with van der Waals surface area (Å²) in [7, 11) is 1.59. The predicted octanol–water partition coefficient (Wildman–Crippen LogP) is 2.82. The lowest BCUT2D eigenvalue weighted by molar-refractivity contribution is -0.115. The average Bonchev–Trinajstić information content (AvgIpc) is 2.32. The second-order valence-electron chi connectivity index (χ2n) is 3.46. The van der Waals surface area contributed by atoms with E-state index in [0.717, 1.165) is 0 Å². The van der Waals surface area contributed by atoms with Crippen LogP contribution in [0.25, 0.3) is 0 Å². The van der Waals surface area contributed by atoms with Crippen molar-refractivity contribution in [3.8, 4) is 0 Å². The Morgan fingerprint density at radius 2 is 1.89 bits per heavy atom. The maximum atomic E-state index is 11.6. The largest absolute Gasteiger partial charge is 0.383 e. The summed E-state index contributed by atoms with van der Waals surface area (Å²) < 4.78 is 4.84. The molecule has 1 aromatic rings. The van der Waals surface area contributed by atoms with Crippen molar-refractivity contribution in [2.75, 3.05) is 32.1 Å². The Hall–Kier alpha value is -0.520. The zero-order valence-electron chi connectivity index (χ0n) is 9.73. The SMILES string of the molecule is COCCNCC(=O)Nc1cc(Cl)c(Cl)cc1Cl. The van der Waals surface area contributed by atoms with Gasteiger partial charge in [-0.05, 0) is 12.1 Å². The van der Waals surface area contributed by atoms with Crippen LogP contribution < -0.4 is 10.6 Å². The quantitative estimate of drug-likeness (QED) is 0.627. The Morgan fingerprint density at radius 1 is 1.22 bits per heavy atom. The molecule has 4 nitrogen and oxygen atoms in total. The van der Waals surface area contributed by atoms with Gasteiger partial charge in [0.25, 0.3) is 0 Å². The van der Waals surface area contributed by atoms with Gasteiger partial charge in [0, 0.05) is 13.7 Å². The van der Waals surface area contributed by atoms with Gasteiger partial charge in [-0.25, -0.2) is 0 Å². The Bertz CT molecular complexity index is 427. The van der Waals surface area contributed by atoms with E-state index < -0.39 is 0 Å². The van der Waals surface area contributed by atoms with Crippen LogP contribution in [0, 0.1) is 0 Å². The smallest absolute Gasteiger partial charge is 0.238 e. The first-order valence-corrected chi connectivity index (χ1v) is 6.32. The van der Waals surface area contributed by atoms with Crippen LogP contribution in [0.3, 0.4) is 0 Å². The lowest BCUT2D eigenvalue weighted by Gasteiger charge is -2.09. The molecule has 1 aromatic carbocycles. The molecule has 0 aliphatic rings. The van der Waals surface area contributed by atoms with Crippen molar-refractivity contribution >= 4 is 46.4 Å². The first-order chi connectivity index (χ1) is 8.54. The molecule has 1 amide bonds. The molecule has 0 radical (unpaired) electrons. The van der Waals surface area contributed by atoms with Gasteiger partial charge in [-0.1, -0.05) is 34.8 Å². The highest BCUT2D eigenvalue weighted by molar-refractivity contribution is 6.44. The van der Waals surface area contributed by atoms with Crippen LogP contribution in [0.1, 0.15) is 0 Å². The Balaban J connectivity index is 2.51. The topological polar surface area (TPSA) is 50.4 Å². The van der Waals surface area contributed by atoms with Gasteiger partial charge in [0.15, 0.2) is 0 Å². The fraction of sp³-hybridized carbons (Fsp3) is 0.364. The molecule has 0 aliphatic heterocycles. The molecule has 1 rings (SSSR count). The molecular weight excluding hydrogens is 298 g/mol. The van der Waals surface area contributed by atoms with E-state index in [1.807, 2.05) is 0 Å². The third-order valence-corrected chi connectivity index (χ3v) is 3.09. The van der Waals surface area contributed by atoms with E-state index in [-0.39, 0.29) is 12.5 Å². The number of hydrogen-bond donors (Lipinski definition) is 2. The van der Waals surface area contributed by atoms with Crippen molar-refractivity contribution in [3.05, 3.63) is 27.2 Å². The van der Waals surface area contributed by atoms with Crippen LogP contribution in [0.5, 0.6) is 0 Å². The summed E-state index contributed by atoms with van der Waals surface area (Å²) in [5.41, 5.74) is 0.435. The number of carbonyl (C=O) groups excluding carboxylic acids is 1. The van der Waals surface area contributed by atoms with Crippen LogP contribution in [0.4, 0.5) is 5.69 Å². The summed E-state index contributed by atoms with van der Waals surface area (Å²) in [6.07, 6.45) is 0. The average molecular weight is 312 g/mol. The summed E-state index contributed by atoms with van der Waals surface area (Å²) in [6, 6.07) is 3.00. The predicted molar refractivity (Wildman–Crippen MR) is 74.8 cm³/mol. The van der Waals surface area contributed by atoms with Crippen molar-refractivity contribution in [2.24, 2.45) is 0 Å². The molecule has 0 fully saturated rings. The number of carbonyl (C=O) groups is 1. The number of methoxy groups -OCH3 is 1. The van der Waals surface area contributed by atoms with Gasteiger partial charge in [0.1, 0.15) is 0 Å². The van der Waals surface area contributed by atoms with Gasteiger partial charge in [-0.15, -0.1) is 0 Å². The molecule has 18 heavy (non-hydrogen) atoms. The minimum absolute atomic E-state index is 0.167. The number of nitrogens with one attached hydrogen (secondary N) is 2. The van der Waals surface area contributed by atoms with E-state index in [1.54, 1.807) is 7.11 Å². The number of anilines is 1. The highest BCUT2D eigenvalue weighted by Crippen LogP contribution is 2.32. The molecule has 0 aliphatic carbocycles. The monoisotopic (exact) mass is 310 g/mol. The number of rotatable bonds is 6. The van der Waals surface area contributed by atoms with Crippen LogP contribution >= 0.6 is 34.8 Å². The van der Waals surface area contributed by atoms with E-state index >= 15 is 0 Å². The van der Waals surface area contributed by atoms with Gasteiger partial charge in [0.2, 0.25) is 5.91 Å². The number of benzene rings is 1. The first-order valence-electron chi connectivity index (χ1n) is 5.18. The highest BCUT2D eigenvalue weighted by atomic mass is 35.5. The molecule has 0 atom stereocenters. The number of ether oxygens (including phenoxy) is 1. The van der Waals surface area contributed by atoms with Crippen LogP contribution in [-0.2, 0) is 9.53 Å². The Kier molecular flexibility index (Phi) is 6.75. The van der Waals surface area contributed by atoms with E-state index in [9.17, 15) is 4.79 Å². The number of halogens is 3. The lowest BCUT2D eigenvalue weighted by atomic mass is 10.3. The third kappa shape index (κ3) is 5.00. The molecule has 0 spiro atoms. The fourth-order valence-corrected chi connectivity index (χ4v) is 1.78. The van der Waals surface area contributed by atoms with Gasteiger partial charge >= 0.3 is 0 Å². The van der Waals surface area contributed by atoms with Crippen molar-refractivity contribution in [2.45, 2.75) is 0 Å². The zero-order chi connectivity index (χ0) is 13.5. The van der Waals surface area contributed by atoms with Crippen molar-refractivity contribution in [1.82, 2.24) is 5.32 Å². The second-order valence-corrected chi connectivity index (χ2v) is 4.69. The van der Waals surface area contributed by atoms with Crippen LogP contribution in [0.15, 0.2) is 12.1 Å². The lowest BCUT2D eigenvalue weighted by Crippen LogP contribution is -2.30. The van der Waals surface area contributed by atoms with Crippen molar-refractivity contribution < 1.29 is 9.53 Å². The van der Waals surface area contributed by atoms with E-state index in [4.69, 9.17) is 39.5 Å². The highest BCUT2D eigenvalue weighted by Gasteiger charge is 2.08. The van der Waals surface area contributed by atoms with Crippen LogP contribution in [-0.4, -0.2) is 32.7 Å². The normalized spacial score (nSPS) is 10.4. The number of amides is 1. The van der Waals surface area contributed by atoms with Gasteiger partial charge in [-0.2, -0.15) is 0 Å². The summed E-state index contributed by atoms with van der Waals surface area (Å²) in [5, 5.41) is 6.57. The summed E-state index contributed by atoms with van der Waals surface area (Å²) >= 11 is 17.6. The minimum atomic E-state index is -0.216. The molecule has 0 bridgehead atoms. The molecule has 0 saturated heterocycles. The van der Waals surface area contributed by atoms with Gasteiger partial charge in [0.05, 0.1) is 33.9 Å². The second kappa shape index (κ2) is 7.81. The van der Waals surface area contributed by atoms with Crippen molar-refractivity contribution in [3.63, 3.8) is 0 Å².